The topological polar surface area (TPSA) is 38.8 Å². The highest BCUT2D eigenvalue weighted by Gasteiger charge is 2.61. The molecule has 2 aliphatic heterocycles. The maximum atomic E-state index is 13.0. The van der Waals surface area contributed by atoms with E-state index in [9.17, 15) is 18.0 Å². The summed E-state index contributed by atoms with van der Waals surface area (Å²) in [5.74, 6) is -0.909. The van der Waals surface area contributed by atoms with Crippen molar-refractivity contribution in [2.24, 2.45) is 5.92 Å². The molecule has 0 amide bonds. The number of fused-ring (bicyclic) bond motifs is 3. The summed E-state index contributed by atoms with van der Waals surface area (Å²) >= 11 is 0. The lowest BCUT2D eigenvalue weighted by atomic mass is 9.84. The Hall–Kier alpha value is -1.30. The highest BCUT2D eigenvalue weighted by molar-refractivity contribution is 5.91. The lowest BCUT2D eigenvalue weighted by Gasteiger charge is -2.20. The van der Waals surface area contributed by atoms with E-state index >= 15 is 0 Å². The Kier molecular flexibility index (Phi) is 3.20. The van der Waals surface area contributed by atoms with Crippen LogP contribution in [0.25, 0.3) is 0 Å². The molecule has 1 aliphatic carbocycles. The van der Waals surface area contributed by atoms with Crippen molar-refractivity contribution in [3.63, 3.8) is 0 Å². The van der Waals surface area contributed by atoms with Gasteiger partial charge < -0.3 is 9.47 Å². The fourth-order valence-electron chi connectivity index (χ4n) is 3.32. The van der Waals surface area contributed by atoms with E-state index < -0.39 is 35.3 Å². The molecule has 3 nitrogen and oxygen atoms in total. The maximum Gasteiger partial charge on any atom is 0.412 e. The minimum Gasteiger partial charge on any atom is -0.455 e. The first-order chi connectivity index (χ1) is 9.72. The normalized spacial score (nSPS) is 42.5. The van der Waals surface area contributed by atoms with Gasteiger partial charge in [-0.2, -0.15) is 13.2 Å². The van der Waals surface area contributed by atoms with Crippen molar-refractivity contribution < 1.29 is 27.4 Å². The Bertz CT molecular complexity index is 523. The molecule has 6 heteroatoms. The average Bonchev–Trinajstić information content (AvgIpc) is 2.96. The van der Waals surface area contributed by atoms with Gasteiger partial charge in [-0.1, -0.05) is 12.7 Å². The molecule has 0 N–H and O–H groups in total. The fraction of sp³-hybridized carbons (Fsp3) is 0.667. The summed E-state index contributed by atoms with van der Waals surface area (Å²) in [6, 6.07) is 0. The van der Waals surface area contributed by atoms with Gasteiger partial charge in [0, 0.05) is 17.1 Å². The molecular weight excluding hydrogens is 285 g/mol. The number of alkyl halides is 3. The van der Waals surface area contributed by atoms with E-state index in [1.165, 1.54) is 6.08 Å². The zero-order chi connectivity index (χ0) is 15.4. The van der Waals surface area contributed by atoms with Gasteiger partial charge in [0.2, 0.25) is 0 Å². The van der Waals surface area contributed by atoms with Crippen molar-refractivity contribution in [3.8, 4) is 0 Å². The van der Waals surface area contributed by atoms with Crippen molar-refractivity contribution in [3.05, 3.63) is 23.8 Å². The number of ether oxygens (including phenoxy) is 2. The third kappa shape index (κ3) is 2.50. The molecule has 0 bridgehead atoms. The largest absolute Gasteiger partial charge is 0.455 e. The fourth-order valence-corrected chi connectivity index (χ4v) is 3.32. The maximum absolute atomic E-state index is 13.0. The van der Waals surface area contributed by atoms with Crippen molar-refractivity contribution in [1.29, 1.82) is 0 Å². The zero-order valence-corrected chi connectivity index (χ0v) is 11.7. The van der Waals surface area contributed by atoms with Gasteiger partial charge >= 0.3 is 12.1 Å². The molecule has 0 radical (unpaired) electrons. The van der Waals surface area contributed by atoms with Crippen molar-refractivity contribution in [2.75, 3.05) is 0 Å². The molecule has 3 aliphatic rings. The summed E-state index contributed by atoms with van der Waals surface area (Å²) in [6.45, 7) is 5.53. The van der Waals surface area contributed by atoms with Crippen molar-refractivity contribution >= 4 is 5.97 Å². The van der Waals surface area contributed by atoms with Gasteiger partial charge in [0.25, 0.3) is 0 Å². The molecule has 2 fully saturated rings. The van der Waals surface area contributed by atoms with Crippen LogP contribution in [0.15, 0.2) is 23.8 Å². The van der Waals surface area contributed by atoms with Crippen LogP contribution in [-0.4, -0.2) is 30.0 Å². The highest BCUT2D eigenvalue weighted by atomic mass is 19.4. The number of hydrogen-bond donors (Lipinski definition) is 0. The first-order valence-electron chi connectivity index (χ1n) is 7.06. The number of carbonyl (C=O) groups excluding carboxylic acids is 1. The quantitative estimate of drug-likeness (QED) is 0.298. The molecule has 21 heavy (non-hydrogen) atoms. The second-order valence-corrected chi connectivity index (χ2v) is 6.16. The number of carbonyl (C=O) groups is 1. The van der Waals surface area contributed by atoms with Gasteiger partial charge in [-0.25, -0.2) is 4.79 Å². The molecule has 0 unspecified atom stereocenters. The molecule has 0 spiro atoms. The van der Waals surface area contributed by atoms with E-state index in [0.717, 1.165) is 0 Å². The summed E-state index contributed by atoms with van der Waals surface area (Å²) in [5, 5.41) is 0. The Labute approximate surface area is 120 Å². The lowest BCUT2D eigenvalue weighted by molar-refractivity contribution is -0.140. The van der Waals surface area contributed by atoms with E-state index in [4.69, 9.17) is 9.47 Å². The van der Waals surface area contributed by atoms with Crippen LogP contribution in [0.4, 0.5) is 13.2 Å². The van der Waals surface area contributed by atoms with Gasteiger partial charge in [-0.3, -0.25) is 0 Å². The predicted molar refractivity (Wildman–Crippen MR) is 68.4 cm³/mol. The van der Waals surface area contributed by atoms with Gasteiger partial charge in [-0.15, -0.1) is 0 Å². The number of esters is 1. The van der Waals surface area contributed by atoms with E-state index in [1.807, 2.05) is 6.92 Å². The SMILES string of the molecule is C=C1C(=O)O[C@@H]2[C@H]3O[C@]3(C)CC/C=C(/C(F)(F)F)CC[C@@H]12. The van der Waals surface area contributed by atoms with Crippen molar-refractivity contribution in [1.82, 2.24) is 0 Å². The minimum absolute atomic E-state index is 0.121. The van der Waals surface area contributed by atoms with E-state index in [1.54, 1.807) is 0 Å². The van der Waals surface area contributed by atoms with Crippen LogP contribution in [0.3, 0.4) is 0 Å². The second kappa shape index (κ2) is 4.60. The highest BCUT2D eigenvalue weighted by Crippen LogP contribution is 2.50. The van der Waals surface area contributed by atoms with Gasteiger partial charge in [0.1, 0.15) is 12.2 Å². The first kappa shape index (κ1) is 14.6. The Morgan fingerprint density at radius 3 is 2.81 bits per heavy atom. The van der Waals surface area contributed by atoms with Gasteiger partial charge in [0.15, 0.2) is 0 Å². The molecule has 2 saturated heterocycles. The predicted octanol–water partition coefficient (Wildman–Crippen LogP) is 3.30. The van der Waals surface area contributed by atoms with Crippen LogP contribution in [0.5, 0.6) is 0 Å². The second-order valence-electron chi connectivity index (χ2n) is 6.16. The Morgan fingerprint density at radius 1 is 1.43 bits per heavy atom. The molecule has 0 aromatic heterocycles. The Balaban J connectivity index is 1.88. The van der Waals surface area contributed by atoms with Crippen LogP contribution in [0.2, 0.25) is 0 Å². The van der Waals surface area contributed by atoms with Crippen LogP contribution in [0.1, 0.15) is 32.6 Å². The van der Waals surface area contributed by atoms with E-state index in [-0.39, 0.29) is 24.5 Å². The van der Waals surface area contributed by atoms with E-state index in [0.29, 0.717) is 12.8 Å². The number of rotatable bonds is 0. The van der Waals surface area contributed by atoms with Gasteiger partial charge in [0.05, 0.1) is 5.60 Å². The van der Waals surface area contributed by atoms with Crippen LogP contribution < -0.4 is 0 Å². The summed E-state index contributed by atoms with van der Waals surface area (Å²) < 4.78 is 49.9. The van der Waals surface area contributed by atoms with Crippen LogP contribution in [-0.2, 0) is 14.3 Å². The molecule has 3 rings (SSSR count). The third-order valence-electron chi connectivity index (χ3n) is 4.71. The zero-order valence-electron chi connectivity index (χ0n) is 11.7. The number of hydrogen-bond acceptors (Lipinski definition) is 3. The monoisotopic (exact) mass is 302 g/mol. The van der Waals surface area contributed by atoms with Gasteiger partial charge in [-0.05, 0) is 32.6 Å². The first-order valence-corrected chi connectivity index (χ1v) is 7.06. The third-order valence-corrected chi connectivity index (χ3v) is 4.71. The average molecular weight is 302 g/mol. The molecule has 0 aromatic rings. The van der Waals surface area contributed by atoms with Crippen LogP contribution in [0, 0.1) is 5.92 Å². The molecule has 116 valence electrons. The summed E-state index contributed by atoms with van der Waals surface area (Å²) in [6.07, 6.45) is -2.91. The molecule has 0 saturated carbocycles. The number of epoxide rings is 1. The molecule has 2 heterocycles. The molecule has 0 aromatic carbocycles. The van der Waals surface area contributed by atoms with Crippen molar-refractivity contribution in [2.45, 2.75) is 56.6 Å². The number of halogens is 3. The smallest absolute Gasteiger partial charge is 0.412 e. The Morgan fingerprint density at radius 2 is 2.14 bits per heavy atom. The number of allylic oxidation sites excluding steroid dienone is 2. The summed E-state index contributed by atoms with van der Waals surface area (Å²) in [7, 11) is 0. The minimum atomic E-state index is -4.33. The standard InChI is InChI=1S/C15H17F3O3/c1-8-10-6-5-9(15(16,17)18)4-3-7-14(2)12(21-14)11(10)20-13(8)19/h4,10-12H,1,3,5-7H2,2H3/b9-4+/t10-,11-,12+,14+/m0/s1. The van der Waals surface area contributed by atoms with Crippen LogP contribution >= 0.6 is 0 Å². The summed E-state index contributed by atoms with van der Waals surface area (Å²) in [5.41, 5.74) is -0.769. The molecular formula is C15H17F3O3. The summed E-state index contributed by atoms with van der Waals surface area (Å²) in [4.78, 5) is 11.7. The van der Waals surface area contributed by atoms with E-state index in [2.05, 4.69) is 6.58 Å². The lowest BCUT2D eigenvalue weighted by Crippen LogP contribution is -2.29. The molecule has 4 atom stereocenters.